The second kappa shape index (κ2) is 7.95. The number of ether oxygens (including phenoxy) is 1. The Balaban J connectivity index is 1.22. The summed E-state index contributed by atoms with van der Waals surface area (Å²) in [5.41, 5.74) is 0.723. The van der Waals surface area contributed by atoms with E-state index >= 15 is 0 Å². The number of benzene rings is 1. The SMILES string of the molecule is O=C(Nc1ccnn1C1CCN(C(=O)c2cc3ccccc3o2)CC1)[C@@H]1CCOC1. The van der Waals surface area contributed by atoms with Gasteiger partial charge in [0.2, 0.25) is 5.91 Å². The van der Waals surface area contributed by atoms with E-state index in [-0.39, 0.29) is 23.8 Å². The molecule has 1 aromatic carbocycles. The Morgan fingerprint density at radius 2 is 1.93 bits per heavy atom. The first-order valence-electron chi connectivity index (χ1n) is 10.4. The zero-order valence-corrected chi connectivity index (χ0v) is 16.6. The number of hydrogen-bond acceptors (Lipinski definition) is 5. The highest BCUT2D eigenvalue weighted by molar-refractivity contribution is 5.96. The Hall–Kier alpha value is -3.13. The van der Waals surface area contributed by atoms with Gasteiger partial charge >= 0.3 is 0 Å². The topological polar surface area (TPSA) is 89.6 Å². The number of hydrogen-bond donors (Lipinski definition) is 1. The van der Waals surface area contributed by atoms with Gasteiger partial charge in [-0.25, -0.2) is 4.68 Å². The van der Waals surface area contributed by atoms with Crippen LogP contribution in [0.2, 0.25) is 0 Å². The summed E-state index contributed by atoms with van der Waals surface area (Å²) in [5.74, 6) is 0.873. The number of nitrogens with one attached hydrogen (secondary N) is 1. The predicted molar refractivity (Wildman–Crippen MR) is 110 cm³/mol. The van der Waals surface area contributed by atoms with Crippen LogP contribution in [0.5, 0.6) is 0 Å². The summed E-state index contributed by atoms with van der Waals surface area (Å²) in [5, 5.41) is 8.35. The third kappa shape index (κ3) is 3.59. The largest absolute Gasteiger partial charge is 0.451 e. The van der Waals surface area contributed by atoms with E-state index in [4.69, 9.17) is 9.15 Å². The van der Waals surface area contributed by atoms with E-state index in [2.05, 4.69) is 10.4 Å². The number of amides is 2. The van der Waals surface area contributed by atoms with Gasteiger partial charge in [-0.05, 0) is 31.4 Å². The predicted octanol–water partition coefficient (Wildman–Crippen LogP) is 3.08. The van der Waals surface area contributed by atoms with Crippen molar-refractivity contribution in [3.05, 3.63) is 48.4 Å². The van der Waals surface area contributed by atoms with Gasteiger partial charge in [-0.1, -0.05) is 18.2 Å². The zero-order valence-electron chi connectivity index (χ0n) is 16.6. The number of likely N-dealkylation sites (tertiary alicyclic amines) is 1. The molecule has 2 amide bonds. The van der Waals surface area contributed by atoms with Crippen LogP contribution in [0.4, 0.5) is 5.82 Å². The van der Waals surface area contributed by atoms with Crippen molar-refractivity contribution in [2.75, 3.05) is 31.6 Å². The number of furan rings is 1. The molecule has 0 bridgehead atoms. The lowest BCUT2D eigenvalue weighted by molar-refractivity contribution is -0.119. The van der Waals surface area contributed by atoms with Crippen molar-refractivity contribution in [3.63, 3.8) is 0 Å². The number of aromatic nitrogens is 2. The molecule has 3 aromatic rings. The Morgan fingerprint density at radius 3 is 2.70 bits per heavy atom. The molecule has 8 heteroatoms. The minimum atomic E-state index is -0.100. The lowest BCUT2D eigenvalue weighted by Crippen LogP contribution is -2.39. The standard InChI is InChI=1S/C22H24N4O4/c27-21(16-8-12-29-14-16)24-20-5-9-23-26(20)17-6-10-25(11-7-17)22(28)19-13-15-3-1-2-4-18(15)30-19/h1-5,9,13,16-17H,6-8,10-12,14H2,(H,24,27)/t16-/m1/s1. The maximum absolute atomic E-state index is 12.9. The van der Waals surface area contributed by atoms with Crippen LogP contribution in [-0.4, -0.2) is 52.8 Å². The Labute approximate surface area is 173 Å². The highest BCUT2D eigenvalue weighted by Crippen LogP contribution is 2.28. The number of rotatable bonds is 4. The van der Waals surface area contributed by atoms with Gasteiger partial charge in [0.1, 0.15) is 11.4 Å². The highest BCUT2D eigenvalue weighted by Gasteiger charge is 2.29. The number of para-hydroxylation sites is 1. The van der Waals surface area contributed by atoms with Gasteiger partial charge in [-0.3, -0.25) is 9.59 Å². The molecule has 8 nitrogen and oxygen atoms in total. The summed E-state index contributed by atoms with van der Waals surface area (Å²) in [7, 11) is 0. The van der Waals surface area contributed by atoms with Crippen LogP contribution in [0.25, 0.3) is 11.0 Å². The second-order valence-corrected chi connectivity index (χ2v) is 7.88. The molecule has 30 heavy (non-hydrogen) atoms. The molecule has 2 saturated heterocycles. The molecule has 0 saturated carbocycles. The second-order valence-electron chi connectivity index (χ2n) is 7.88. The summed E-state index contributed by atoms with van der Waals surface area (Å²) in [6.07, 6.45) is 3.99. The smallest absolute Gasteiger partial charge is 0.289 e. The van der Waals surface area contributed by atoms with E-state index in [1.54, 1.807) is 12.3 Å². The molecular formula is C22H24N4O4. The van der Waals surface area contributed by atoms with Crippen molar-refractivity contribution < 1.29 is 18.7 Å². The summed E-state index contributed by atoms with van der Waals surface area (Å²) in [4.78, 5) is 27.1. The van der Waals surface area contributed by atoms with Crippen LogP contribution in [-0.2, 0) is 9.53 Å². The van der Waals surface area contributed by atoms with Gasteiger partial charge in [0, 0.05) is 31.1 Å². The Morgan fingerprint density at radius 1 is 1.10 bits per heavy atom. The molecule has 5 rings (SSSR count). The number of fused-ring (bicyclic) bond motifs is 1. The van der Waals surface area contributed by atoms with Crippen molar-refractivity contribution in [1.82, 2.24) is 14.7 Å². The molecule has 0 spiro atoms. The van der Waals surface area contributed by atoms with E-state index < -0.39 is 0 Å². The average molecular weight is 408 g/mol. The monoisotopic (exact) mass is 408 g/mol. The van der Waals surface area contributed by atoms with Crippen molar-refractivity contribution in [2.24, 2.45) is 5.92 Å². The van der Waals surface area contributed by atoms with E-state index in [9.17, 15) is 9.59 Å². The van der Waals surface area contributed by atoms with Crippen LogP contribution in [0.15, 0.2) is 47.0 Å². The normalized spacial score (nSPS) is 20.0. The van der Waals surface area contributed by atoms with Crippen molar-refractivity contribution in [2.45, 2.75) is 25.3 Å². The van der Waals surface area contributed by atoms with E-state index in [0.717, 1.165) is 30.2 Å². The Kier molecular flexibility index (Phi) is 5.00. The molecule has 0 aliphatic carbocycles. The number of carbonyl (C=O) groups excluding carboxylic acids is 2. The molecule has 2 aromatic heterocycles. The van der Waals surface area contributed by atoms with Gasteiger partial charge in [-0.2, -0.15) is 5.10 Å². The zero-order chi connectivity index (χ0) is 20.5. The van der Waals surface area contributed by atoms with E-state index in [1.165, 1.54) is 0 Å². The van der Waals surface area contributed by atoms with Crippen LogP contribution >= 0.6 is 0 Å². The highest BCUT2D eigenvalue weighted by atomic mass is 16.5. The van der Waals surface area contributed by atoms with Gasteiger partial charge in [0.25, 0.3) is 5.91 Å². The molecule has 2 aliphatic heterocycles. The summed E-state index contributed by atoms with van der Waals surface area (Å²) in [6, 6.07) is 11.4. The van der Waals surface area contributed by atoms with Gasteiger partial charge in [-0.15, -0.1) is 0 Å². The third-order valence-electron chi connectivity index (χ3n) is 5.96. The summed E-state index contributed by atoms with van der Waals surface area (Å²) < 4.78 is 12.9. The van der Waals surface area contributed by atoms with Gasteiger partial charge in [0.05, 0.1) is 24.8 Å². The maximum Gasteiger partial charge on any atom is 0.289 e. The number of nitrogens with zero attached hydrogens (tertiary/aromatic N) is 3. The molecule has 0 unspecified atom stereocenters. The molecule has 0 radical (unpaired) electrons. The molecule has 156 valence electrons. The fourth-order valence-electron chi connectivity index (χ4n) is 4.23. The van der Waals surface area contributed by atoms with Crippen molar-refractivity contribution in [3.8, 4) is 0 Å². The first-order chi connectivity index (χ1) is 14.7. The molecule has 2 aliphatic rings. The van der Waals surface area contributed by atoms with Crippen LogP contribution in [0, 0.1) is 5.92 Å². The first-order valence-corrected chi connectivity index (χ1v) is 10.4. The van der Waals surface area contributed by atoms with Gasteiger partial charge < -0.3 is 19.4 Å². The minimum absolute atomic E-state index is 0.0215. The molecule has 2 fully saturated rings. The fourth-order valence-corrected chi connectivity index (χ4v) is 4.23. The first kappa shape index (κ1) is 18.9. The average Bonchev–Trinajstić information content (AvgIpc) is 3.53. The quantitative estimate of drug-likeness (QED) is 0.717. The lowest BCUT2D eigenvalue weighted by Gasteiger charge is -2.32. The fraction of sp³-hybridized carbons (Fsp3) is 0.409. The maximum atomic E-state index is 12.9. The van der Waals surface area contributed by atoms with Crippen LogP contribution in [0.3, 0.4) is 0 Å². The van der Waals surface area contributed by atoms with Crippen molar-refractivity contribution in [1.29, 1.82) is 0 Å². The number of carbonyl (C=O) groups is 2. The molecule has 1 atom stereocenters. The third-order valence-corrected chi connectivity index (χ3v) is 5.96. The van der Waals surface area contributed by atoms with E-state index in [1.807, 2.05) is 39.9 Å². The molecule has 4 heterocycles. The van der Waals surface area contributed by atoms with Crippen LogP contribution in [0.1, 0.15) is 35.9 Å². The molecular weight excluding hydrogens is 384 g/mol. The van der Waals surface area contributed by atoms with Crippen LogP contribution < -0.4 is 5.32 Å². The number of piperidine rings is 1. The minimum Gasteiger partial charge on any atom is -0.451 e. The summed E-state index contributed by atoms with van der Waals surface area (Å²) in [6.45, 7) is 2.34. The number of anilines is 1. The van der Waals surface area contributed by atoms with Crippen molar-refractivity contribution >= 4 is 28.6 Å². The van der Waals surface area contributed by atoms with E-state index in [0.29, 0.717) is 37.9 Å². The molecule has 1 N–H and O–H groups in total. The Bertz CT molecular complexity index is 1020. The summed E-state index contributed by atoms with van der Waals surface area (Å²) >= 11 is 0. The van der Waals surface area contributed by atoms with Gasteiger partial charge in [0.15, 0.2) is 5.76 Å². The lowest BCUT2D eigenvalue weighted by atomic mass is 10.0.